The normalized spacial score (nSPS) is 15.9. The van der Waals surface area contributed by atoms with Crippen LogP contribution in [0.15, 0.2) is 41.5 Å². The summed E-state index contributed by atoms with van der Waals surface area (Å²) in [6, 6.07) is 10.5. The number of primary amides is 1. The van der Waals surface area contributed by atoms with E-state index in [4.69, 9.17) is 10.5 Å². The van der Waals surface area contributed by atoms with Crippen molar-refractivity contribution in [1.29, 1.82) is 0 Å². The molecule has 0 unspecified atom stereocenters. The van der Waals surface area contributed by atoms with Crippen molar-refractivity contribution in [2.45, 2.75) is 32.2 Å². The van der Waals surface area contributed by atoms with E-state index in [2.05, 4.69) is 49.8 Å². The van der Waals surface area contributed by atoms with Crippen LogP contribution in [0.4, 0.5) is 5.82 Å². The molecule has 33 heavy (non-hydrogen) atoms. The van der Waals surface area contributed by atoms with E-state index in [9.17, 15) is 4.79 Å². The summed E-state index contributed by atoms with van der Waals surface area (Å²) in [7, 11) is 1.78. The van der Waals surface area contributed by atoms with Gasteiger partial charge >= 0.3 is 0 Å². The number of hydrogen-bond donors (Lipinski definition) is 3. The standard InChI is InChI=1S/C24H32N6O2.HI/c1-26-24(28-11-6-17-4-5-21-19(15-17)9-14-32-21)29-16-20-3-2-10-27-23(20)30-12-7-18(8-13-30)22(25)31;/h2-5,10,15,18H,6-9,11-14,16H2,1H3,(H2,25,31)(H2,26,28,29);1H. The molecule has 2 aliphatic heterocycles. The monoisotopic (exact) mass is 564 g/mol. The highest BCUT2D eigenvalue weighted by Gasteiger charge is 2.25. The van der Waals surface area contributed by atoms with E-state index >= 15 is 0 Å². The fourth-order valence-electron chi connectivity index (χ4n) is 4.35. The Kier molecular flexibility index (Phi) is 9.16. The summed E-state index contributed by atoms with van der Waals surface area (Å²) in [5, 5.41) is 6.79. The van der Waals surface area contributed by atoms with Gasteiger partial charge in [-0.2, -0.15) is 0 Å². The Morgan fingerprint density at radius 2 is 2.09 bits per heavy atom. The Hall–Kier alpha value is -2.56. The number of fused-ring (bicyclic) bond motifs is 1. The van der Waals surface area contributed by atoms with Crippen molar-refractivity contribution < 1.29 is 9.53 Å². The lowest BCUT2D eigenvalue weighted by Crippen LogP contribution is -2.40. The summed E-state index contributed by atoms with van der Waals surface area (Å²) in [5.74, 6) is 2.51. The third-order valence-corrected chi connectivity index (χ3v) is 6.19. The lowest BCUT2D eigenvalue weighted by atomic mass is 9.96. The summed E-state index contributed by atoms with van der Waals surface area (Å²) < 4.78 is 5.58. The minimum Gasteiger partial charge on any atom is -0.493 e. The Morgan fingerprint density at radius 3 is 2.85 bits per heavy atom. The first-order valence-corrected chi connectivity index (χ1v) is 11.3. The summed E-state index contributed by atoms with van der Waals surface area (Å²) in [6.07, 6.45) is 5.27. The van der Waals surface area contributed by atoms with Crippen LogP contribution >= 0.6 is 24.0 Å². The van der Waals surface area contributed by atoms with Gasteiger partial charge in [0.2, 0.25) is 5.91 Å². The van der Waals surface area contributed by atoms with Crippen LogP contribution in [-0.4, -0.2) is 50.1 Å². The molecule has 4 N–H and O–H groups in total. The number of piperidine rings is 1. The molecule has 0 atom stereocenters. The lowest BCUT2D eigenvalue weighted by Gasteiger charge is -2.32. The molecule has 1 saturated heterocycles. The second kappa shape index (κ2) is 12.1. The Balaban J connectivity index is 0.00000306. The molecule has 0 saturated carbocycles. The summed E-state index contributed by atoms with van der Waals surface area (Å²) in [4.78, 5) is 22.7. The number of anilines is 1. The number of guanidine groups is 1. The molecule has 2 aliphatic rings. The van der Waals surface area contributed by atoms with Crippen molar-refractivity contribution in [3.05, 3.63) is 53.2 Å². The number of ether oxygens (including phenoxy) is 1. The lowest BCUT2D eigenvalue weighted by molar-refractivity contribution is -0.122. The van der Waals surface area contributed by atoms with Crippen LogP contribution in [-0.2, 0) is 24.2 Å². The first-order chi connectivity index (χ1) is 15.6. The Labute approximate surface area is 212 Å². The van der Waals surface area contributed by atoms with Crippen molar-refractivity contribution >= 4 is 41.7 Å². The molecular weight excluding hydrogens is 531 g/mol. The number of nitrogens with one attached hydrogen (secondary N) is 2. The van der Waals surface area contributed by atoms with Gasteiger partial charge in [-0.05, 0) is 42.5 Å². The molecule has 3 heterocycles. The Morgan fingerprint density at radius 1 is 1.27 bits per heavy atom. The van der Waals surface area contributed by atoms with Gasteiger partial charge in [-0.15, -0.1) is 24.0 Å². The number of benzene rings is 1. The molecule has 1 aromatic carbocycles. The third kappa shape index (κ3) is 6.49. The number of rotatable bonds is 7. The molecule has 1 aromatic heterocycles. The van der Waals surface area contributed by atoms with Gasteiger partial charge in [0.1, 0.15) is 11.6 Å². The summed E-state index contributed by atoms with van der Waals surface area (Å²) in [6.45, 7) is 3.77. The SMILES string of the molecule is CN=C(NCCc1ccc2c(c1)CCO2)NCc1cccnc1N1CCC(C(N)=O)CC1.I. The minimum absolute atomic E-state index is 0. The highest BCUT2D eigenvalue weighted by molar-refractivity contribution is 14.0. The maximum atomic E-state index is 11.5. The van der Waals surface area contributed by atoms with E-state index in [-0.39, 0.29) is 35.8 Å². The zero-order chi connectivity index (χ0) is 22.3. The highest BCUT2D eigenvalue weighted by Crippen LogP contribution is 2.26. The number of aliphatic imine (C=N–C) groups is 1. The zero-order valence-corrected chi connectivity index (χ0v) is 21.4. The van der Waals surface area contributed by atoms with Gasteiger partial charge in [-0.25, -0.2) is 4.98 Å². The minimum atomic E-state index is -0.198. The van der Waals surface area contributed by atoms with E-state index in [0.717, 1.165) is 75.0 Å². The average molecular weight is 564 g/mol. The molecule has 1 fully saturated rings. The number of carbonyl (C=O) groups excluding carboxylic acids is 1. The number of hydrogen-bond acceptors (Lipinski definition) is 5. The van der Waals surface area contributed by atoms with Crippen molar-refractivity contribution in [2.75, 3.05) is 38.2 Å². The summed E-state index contributed by atoms with van der Waals surface area (Å²) in [5.41, 5.74) is 9.17. The van der Waals surface area contributed by atoms with Crippen LogP contribution in [0.5, 0.6) is 5.75 Å². The fraction of sp³-hybridized carbons (Fsp3) is 0.458. The van der Waals surface area contributed by atoms with Gasteiger partial charge < -0.3 is 26.0 Å². The molecular formula is C24H33IN6O2. The predicted molar refractivity (Wildman–Crippen MR) is 141 cm³/mol. The number of amides is 1. The molecule has 178 valence electrons. The van der Waals surface area contributed by atoms with Crippen LogP contribution in [0.1, 0.15) is 29.5 Å². The van der Waals surface area contributed by atoms with Gasteiger partial charge in [-0.1, -0.05) is 18.2 Å². The molecule has 1 amide bonds. The number of nitrogens with zero attached hydrogens (tertiary/aromatic N) is 3. The smallest absolute Gasteiger partial charge is 0.220 e. The van der Waals surface area contributed by atoms with Crippen LogP contribution < -0.4 is 26.0 Å². The maximum Gasteiger partial charge on any atom is 0.220 e. The van der Waals surface area contributed by atoms with Crippen LogP contribution in [0.25, 0.3) is 0 Å². The van der Waals surface area contributed by atoms with Gasteiger partial charge in [0.05, 0.1) is 6.61 Å². The average Bonchev–Trinajstić information content (AvgIpc) is 3.29. The van der Waals surface area contributed by atoms with Gasteiger partial charge in [0, 0.05) is 57.3 Å². The third-order valence-electron chi connectivity index (χ3n) is 6.19. The highest BCUT2D eigenvalue weighted by atomic mass is 127. The number of carbonyl (C=O) groups is 1. The largest absolute Gasteiger partial charge is 0.493 e. The molecule has 0 bridgehead atoms. The van der Waals surface area contributed by atoms with E-state index in [0.29, 0.717) is 6.54 Å². The molecule has 0 aliphatic carbocycles. The van der Waals surface area contributed by atoms with Crippen molar-refractivity contribution in [3.8, 4) is 5.75 Å². The second-order valence-electron chi connectivity index (χ2n) is 8.29. The Bertz CT molecular complexity index is 975. The first kappa shape index (κ1) is 25.1. The molecule has 9 heteroatoms. The molecule has 8 nitrogen and oxygen atoms in total. The van der Waals surface area contributed by atoms with Crippen molar-refractivity contribution in [3.63, 3.8) is 0 Å². The van der Waals surface area contributed by atoms with E-state index in [1.165, 1.54) is 11.1 Å². The number of aromatic nitrogens is 1. The number of nitrogens with two attached hydrogens (primary N) is 1. The molecule has 0 spiro atoms. The fourth-order valence-corrected chi connectivity index (χ4v) is 4.35. The van der Waals surface area contributed by atoms with Gasteiger partial charge in [0.15, 0.2) is 5.96 Å². The van der Waals surface area contributed by atoms with E-state index in [1.807, 2.05) is 12.3 Å². The van der Waals surface area contributed by atoms with Crippen molar-refractivity contribution in [2.24, 2.45) is 16.6 Å². The zero-order valence-electron chi connectivity index (χ0n) is 19.0. The second-order valence-corrected chi connectivity index (χ2v) is 8.29. The number of pyridine rings is 1. The quantitative estimate of drug-likeness (QED) is 0.271. The van der Waals surface area contributed by atoms with Crippen molar-refractivity contribution in [1.82, 2.24) is 15.6 Å². The molecule has 2 aromatic rings. The summed E-state index contributed by atoms with van der Waals surface area (Å²) >= 11 is 0. The predicted octanol–water partition coefficient (Wildman–Crippen LogP) is 2.24. The topological polar surface area (TPSA) is 105 Å². The van der Waals surface area contributed by atoms with Crippen LogP contribution in [0.2, 0.25) is 0 Å². The first-order valence-electron chi connectivity index (χ1n) is 11.3. The van der Waals surface area contributed by atoms with E-state index in [1.54, 1.807) is 7.05 Å². The van der Waals surface area contributed by atoms with Gasteiger partial charge in [-0.3, -0.25) is 9.79 Å². The van der Waals surface area contributed by atoms with Crippen LogP contribution in [0, 0.1) is 5.92 Å². The molecule has 0 radical (unpaired) electrons. The van der Waals surface area contributed by atoms with Gasteiger partial charge in [0.25, 0.3) is 0 Å². The molecule has 4 rings (SSSR count). The number of halogens is 1. The maximum absolute atomic E-state index is 11.5. The van der Waals surface area contributed by atoms with Crippen LogP contribution in [0.3, 0.4) is 0 Å². The van der Waals surface area contributed by atoms with E-state index < -0.39 is 0 Å².